The number of ether oxygens (including phenoxy) is 3. The van der Waals surface area contributed by atoms with Crippen LogP contribution >= 0.6 is 11.6 Å². The molecule has 6 heteroatoms. The third-order valence-electron chi connectivity index (χ3n) is 8.11. The summed E-state index contributed by atoms with van der Waals surface area (Å²) in [7, 11) is 0. The Kier molecular flexibility index (Phi) is 26.9. The Morgan fingerprint density at radius 1 is 0.628 bits per heavy atom. The number of hydrogen-bond acceptors (Lipinski definition) is 4. The Morgan fingerprint density at radius 3 is 1.53 bits per heavy atom. The van der Waals surface area contributed by atoms with Crippen molar-refractivity contribution in [1.29, 1.82) is 0 Å². The highest BCUT2D eigenvalue weighted by Crippen LogP contribution is 2.33. The lowest BCUT2D eigenvalue weighted by Crippen LogP contribution is -2.27. The first kappa shape index (κ1) is 39.6. The van der Waals surface area contributed by atoms with Crippen molar-refractivity contribution in [3.05, 3.63) is 23.3 Å². The van der Waals surface area contributed by atoms with E-state index in [0.29, 0.717) is 37.7 Å². The van der Waals surface area contributed by atoms with E-state index < -0.39 is 0 Å². The minimum absolute atomic E-state index is 0.122. The molecule has 1 N–H and O–H groups in total. The molecule has 0 spiro atoms. The minimum Gasteiger partial charge on any atom is -0.490 e. The highest BCUT2D eigenvalue weighted by molar-refractivity contribution is 6.17. The molecule has 0 bridgehead atoms. The van der Waals surface area contributed by atoms with Gasteiger partial charge in [-0.05, 0) is 37.5 Å². The van der Waals surface area contributed by atoms with Crippen LogP contribution in [0.2, 0.25) is 0 Å². The van der Waals surface area contributed by atoms with E-state index in [1.165, 1.54) is 128 Å². The van der Waals surface area contributed by atoms with Gasteiger partial charge in [-0.3, -0.25) is 4.79 Å². The van der Waals surface area contributed by atoms with Gasteiger partial charge in [-0.25, -0.2) is 0 Å². The van der Waals surface area contributed by atoms with Crippen LogP contribution in [0.15, 0.2) is 12.1 Å². The zero-order chi connectivity index (χ0) is 31.2. The topological polar surface area (TPSA) is 56.8 Å². The summed E-state index contributed by atoms with van der Waals surface area (Å²) in [4.78, 5) is 12.8. The number of amides is 1. The molecular weight excluding hydrogens is 558 g/mol. The van der Waals surface area contributed by atoms with E-state index in [4.69, 9.17) is 25.8 Å². The largest absolute Gasteiger partial charge is 0.490 e. The minimum atomic E-state index is -0.141. The summed E-state index contributed by atoms with van der Waals surface area (Å²) in [6.07, 6.45) is 28.7. The SMILES string of the molecule is CCCCCCCCCCCCCOc1cc(C(=O)NCCOCCl)cc(C)c1OCCCCCCCCCCCCC. The van der Waals surface area contributed by atoms with E-state index >= 15 is 0 Å². The first-order valence-corrected chi connectivity index (χ1v) is 18.5. The normalized spacial score (nSPS) is 11.2. The first-order valence-electron chi connectivity index (χ1n) is 18.0. The summed E-state index contributed by atoms with van der Waals surface area (Å²) >= 11 is 5.56. The number of rotatable bonds is 31. The van der Waals surface area contributed by atoms with Crippen LogP contribution in [0.1, 0.15) is 171 Å². The molecule has 0 saturated carbocycles. The third kappa shape index (κ3) is 21.8. The summed E-state index contributed by atoms with van der Waals surface area (Å²) in [6, 6.07) is 3.85. The van der Waals surface area contributed by atoms with Gasteiger partial charge in [-0.2, -0.15) is 0 Å². The second-order valence-electron chi connectivity index (χ2n) is 12.2. The average Bonchev–Trinajstić information content (AvgIpc) is 3.01. The van der Waals surface area contributed by atoms with Crippen molar-refractivity contribution in [3.8, 4) is 11.5 Å². The highest BCUT2D eigenvalue weighted by atomic mass is 35.5. The monoisotopic (exact) mass is 623 g/mol. The molecule has 0 atom stereocenters. The molecule has 0 aliphatic heterocycles. The summed E-state index contributed by atoms with van der Waals surface area (Å²) < 4.78 is 17.6. The van der Waals surface area contributed by atoms with Gasteiger partial charge < -0.3 is 19.5 Å². The molecule has 0 unspecified atom stereocenters. The van der Waals surface area contributed by atoms with Crippen molar-refractivity contribution in [3.63, 3.8) is 0 Å². The number of nitrogens with one attached hydrogen (secondary N) is 1. The van der Waals surface area contributed by atoms with Gasteiger partial charge in [0, 0.05) is 12.1 Å². The van der Waals surface area contributed by atoms with E-state index in [1.54, 1.807) is 0 Å². The van der Waals surface area contributed by atoms with E-state index in [0.717, 1.165) is 24.2 Å². The maximum Gasteiger partial charge on any atom is 0.251 e. The summed E-state index contributed by atoms with van der Waals surface area (Å²) in [5.74, 6) is 1.31. The van der Waals surface area contributed by atoms with Crippen molar-refractivity contribution in [2.24, 2.45) is 0 Å². The zero-order valence-corrected chi connectivity index (χ0v) is 29.0. The summed E-state index contributed by atoms with van der Waals surface area (Å²) in [5, 5.41) is 2.90. The Morgan fingerprint density at radius 2 is 1.07 bits per heavy atom. The standard InChI is InChI=1S/C37H66ClNO4/c1-4-6-8-10-12-14-16-18-20-22-24-27-42-35-31-34(37(40)39-26-29-41-32-38)30-33(3)36(35)43-28-25-23-21-19-17-15-13-11-9-7-5-2/h30-31H,4-29,32H2,1-3H3,(H,39,40). The molecule has 250 valence electrons. The van der Waals surface area contributed by atoms with E-state index in [2.05, 4.69) is 19.2 Å². The van der Waals surface area contributed by atoms with Gasteiger partial charge in [-0.15, -0.1) is 0 Å². The molecular formula is C37H66ClNO4. The quantitative estimate of drug-likeness (QED) is 0.0660. The number of halogens is 1. The fourth-order valence-corrected chi connectivity index (χ4v) is 5.56. The van der Waals surface area contributed by atoms with Crippen LogP contribution in [0.25, 0.3) is 0 Å². The lowest BCUT2D eigenvalue weighted by molar-refractivity contribution is 0.0932. The predicted molar refractivity (Wildman–Crippen MR) is 184 cm³/mol. The van der Waals surface area contributed by atoms with Crippen molar-refractivity contribution >= 4 is 17.5 Å². The average molecular weight is 624 g/mol. The number of benzene rings is 1. The number of hydrogen-bond donors (Lipinski definition) is 1. The van der Waals surface area contributed by atoms with Crippen LogP contribution < -0.4 is 14.8 Å². The first-order chi connectivity index (χ1) is 21.1. The van der Waals surface area contributed by atoms with Crippen molar-refractivity contribution < 1.29 is 19.0 Å². The van der Waals surface area contributed by atoms with E-state index in [9.17, 15) is 4.79 Å². The Bertz CT molecular complexity index is 788. The van der Waals surface area contributed by atoms with Gasteiger partial charge in [0.2, 0.25) is 0 Å². The van der Waals surface area contributed by atoms with E-state index in [1.807, 2.05) is 19.1 Å². The number of unbranched alkanes of at least 4 members (excludes halogenated alkanes) is 20. The molecule has 1 rings (SSSR count). The van der Waals surface area contributed by atoms with Crippen LogP contribution in [-0.4, -0.2) is 38.3 Å². The lowest BCUT2D eigenvalue weighted by Gasteiger charge is -2.17. The smallest absolute Gasteiger partial charge is 0.251 e. The molecule has 5 nitrogen and oxygen atoms in total. The molecule has 0 aromatic heterocycles. The molecule has 1 aromatic carbocycles. The third-order valence-corrected chi connectivity index (χ3v) is 8.27. The second-order valence-corrected chi connectivity index (χ2v) is 12.4. The van der Waals surface area contributed by atoms with Gasteiger partial charge >= 0.3 is 0 Å². The molecule has 1 aromatic rings. The molecule has 0 fully saturated rings. The van der Waals surface area contributed by atoms with Crippen molar-refractivity contribution in [2.75, 3.05) is 32.4 Å². The number of carbonyl (C=O) groups is 1. The molecule has 0 saturated heterocycles. The van der Waals surface area contributed by atoms with Crippen LogP contribution in [0.3, 0.4) is 0 Å². The van der Waals surface area contributed by atoms with Gasteiger partial charge in [0.05, 0.1) is 19.8 Å². The molecule has 1 amide bonds. The van der Waals surface area contributed by atoms with Crippen LogP contribution in [0.4, 0.5) is 0 Å². The highest BCUT2D eigenvalue weighted by Gasteiger charge is 2.15. The van der Waals surface area contributed by atoms with Gasteiger partial charge in [0.15, 0.2) is 11.5 Å². The van der Waals surface area contributed by atoms with Crippen molar-refractivity contribution in [2.45, 2.75) is 162 Å². The zero-order valence-electron chi connectivity index (χ0n) is 28.3. The van der Waals surface area contributed by atoms with Gasteiger partial charge in [-0.1, -0.05) is 154 Å². The number of aryl methyl sites for hydroxylation is 1. The fraction of sp³-hybridized carbons (Fsp3) is 0.811. The molecule has 0 aliphatic carbocycles. The van der Waals surface area contributed by atoms with Crippen LogP contribution in [0.5, 0.6) is 11.5 Å². The lowest BCUT2D eigenvalue weighted by atomic mass is 10.1. The van der Waals surface area contributed by atoms with E-state index in [-0.39, 0.29) is 12.0 Å². The van der Waals surface area contributed by atoms with Crippen molar-refractivity contribution in [1.82, 2.24) is 5.32 Å². The van der Waals surface area contributed by atoms with Crippen LogP contribution in [0, 0.1) is 6.92 Å². The van der Waals surface area contributed by atoms with Gasteiger partial charge in [0.25, 0.3) is 5.91 Å². The predicted octanol–water partition coefficient (Wildman–Crippen LogP) is 11.3. The Hall–Kier alpha value is -1.46. The summed E-state index contributed by atoms with van der Waals surface area (Å²) in [5.41, 5.74) is 1.51. The maximum atomic E-state index is 12.8. The maximum absolute atomic E-state index is 12.8. The summed E-state index contributed by atoms with van der Waals surface area (Å²) in [6.45, 7) is 8.66. The molecule has 0 radical (unpaired) electrons. The molecule has 0 heterocycles. The Labute approximate surface area is 270 Å². The fourth-order valence-electron chi connectivity index (χ4n) is 5.45. The number of carbonyl (C=O) groups excluding carboxylic acids is 1. The second kappa shape index (κ2) is 29.3. The Balaban J connectivity index is 2.46. The van der Waals surface area contributed by atoms with Gasteiger partial charge in [0.1, 0.15) is 6.07 Å². The molecule has 0 aliphatic rings. The molecule has 43 heavy (non-hydrogen) atoms. The van der Waals surface area contributed by atoms with Crippen LogP contribution in [-0.2, 0) is 4.74 Å². The number of alkyl halides is 1.